The van der Waals surface area contributed by atoms with Gasteiger partial charge >= 0.3 is 0 Å². The Morgan fingerprint density at radius 2 is 1.90 bits per heavy atom. The number of pyridine rings is 1. The van der Waals surface area contributed by atoms with E-state index in [1.54, 1.807) is 37.0 Å². The summed E-state index contributed by atoms with van der Waals surface area (Å²) in [5, 5.41) is 2.86. The maximum atomic E-state index is 14.1. The van der Waals surface area contributed by atoms with Crippen LogP contribution in [0.4, 0.5) is 8.78 Å². The first-order valence-corrected chi connectivity index (χ1v) is 9.88. The van der Waals surface area contributed by atoms with Gasteiger partial charge in [0, 0.05) is 38.9 Å². The zero-order valence-electron chi connectivity index (χ0n) is 17.4. The molecular weight excluding hydrogens is 402 g/mol. The largest absolute Gasteiger partial charge is 0.351 e. The maximum absolute atomic E-state index is 14.1. The quantitative estimate of drug-likeness (QED) is 0.602. The zero-order chi connectivity index (χ0) is 22.4. The number of nitrogens with one attached hydrogen (secondary N) is 1. The molecule has 0 aliphatic rings. The van der Waals surface area contributed by atoms with Gasteiger partial charge in [-0.15, -0.1) is 0 Å². The summed E-state index contributed by atoms with van der Waals surface area (Å²) in [5.41, 5.74) is 1.09. The number of hydrogen-bond acceptors (Lipinski definition) is 3. The summed E-state index contributed by atoms with van der Waals surface area (Å²) in [5.74, 6) is -2.72. The number of hydrogen-bond donors (Lipinski definition) is 1. The summed E-state index contributed by atoms with van der Waals surface area (Å²) in [6.07, 6.45) is 3.54. The molecule has 1 N–H and O–H groups in total. The molecule has 31 heavy (non-hydrogen) atoms. The zero-order valence-corrected chi connectivity index (χ0v) is 17.4. The fourth-order valence-electron chi connectivity index (χ4n) is 3.36. The summed E-state index contributed by atoms with van der Waals surface area (Å²) in [4.78, 5) is 30.2. The van der Waals surface area contributed by atoms with E-state index in [1.807, 2.05) is 30.3 Å². The van der Waals surface area contributed by atoms with Gasteiger partial charge in [0.05, 0.1) is 6.20 Å². The maximum Gasteiger partial charge on any atom is 0.275 e. The van der Waals surface area contributed by atoms with E-state index in [9.17, 15) is 18.4 Å². The van der Waals surface area contributed by atoms with Crippen molar-refractivity contribution >= 4 is 11.8 Å². The first kappa shape index (κ1) is 22.1. The highest BCUT2D eigenvalue weighted by Gasteiger charge is 2.25. The van der Waals surface area contributed by atoms with Gasteiger partial charge < -0.3 is 14.8 Å². The average molecular weight is 426 g/mol. The van der Waals surface area contributed by atoms with E-state index in [4.69, 9.17) is 0 Å². The Kier molecular flexibility index (Phi) is 7.12. The Labute approximate surface area is 179 Å². The number of aryl methyl sites for hydroxylation is 1. The SMILES string of the molecule is CN(C(=O)c1ncc(F)cc1F)C(CCNC(=O)c1cccn1C)Cc1ccccc1. The first-order valence-electron chi connectivity index (χ1n) is 9.88. The van der Waals surface area contributed by atoms with Gasteiger partial charge in [0.25, 0.3) is 11.8 Å². The molecule has 3 aromatic rings. The average Bonchev–Trinajstić information content (AvgIpc) is 3.18. The van der Waals surface area contributed by atoms with Gasteiger partial charge in [0.1, 0.15) is 11.5 Å². The van der Waals surface area contributed by atoms with Crippen molar-refractivity contribution in [2.75, 3.05) is 13.6 Å². The van der Waals surface area contributed by atoms with Crippen LogP contribution in [-0.2, 0) is 13.5 Å². The highest BCUT2D eigenvalue weighted by Crippen LogP contribution is 2.16. The van der Waals surface area contributed by atoms with Crippen LogP contribution < -0.4 is 5.32 Å². The summed E-state index contributed by atoms with van der Waals surface area (Å²) in [6, 6.07) is 13.4. The van der Waals surface area contributed by atoms with Crippen molar-refractivity contribution in [3.8, 4) is 0 Å². The summed E-state index contributed by atoms with van der Waals surface area (Å²) < 4.78 is 29.0. The molecule has 2 aromatic heterocycles. The minimum absolute atomic E-state index is 0.216. The molecule has 8 heteroatoms. The van der Waals surface area contributed by atoms with Gasteiger partial charge in [-0.2, -0.15) is 0 Å². The third kappa shape index (κ3) is 5.53. The minimum atomic E-state index is -1.01. The molecule has 0 aliphatic heterocycles. The van der Waals surface area contributed by atoms with Crippen LogP contribution in [-0.4, -0.2) is 45.9 Å². The second kappa shape index (κ2) is 9.97. The number of carbonyl (C=O) groups excluding carboxylic acids is 2. The number of rotatable bonds is 8. The van der Waals surface area contributed by atoms with Gasteiger partial charge in [-0.25, -0.2) is 13.8 Å². The van der Waals surface area contributed by atoms with Gasteiger partial charge in [0.2, 0.25) is 0 Å². The molecule has 0 radical (unpaired) electrons. The molecule has 0 bridgehead atoms. The fraction of sp³-hybridized carbons (Fsp3) is 0.261. The van der Waals surface area contributed by atoms with Crippen LogP contribution in [0.25, 0.3) is 0 Å². The van der Waals surface area contributed by atoms with Crippen molar-refractivity contribution in [1.29, 1.82) is 0 Å². The molecule has 0 saturated carbocycles. The normalized spacial score (nSPS) is 11.7. The van der Waals surface area contributed by atoms with E-state index in [0.29, 0.717) is 31.1 Å². The van der Waals surface area contributed by atoms with E-state index < -0.39 is 23.2 Å². The van der Waals surface area contributed by atoms with Gasteiger partial charge in [-0.1, -0.05) is 30.3 Å². The van der Waals surface area contributed by atoms with Crippen molar-refractivity contribution < 1.29 is 18.4 Å². The molecule has 1 atom stereocenters. The Hall–Kier alpha value is -3.55. The van der Waals surface area contributed by atoms with Crippen LogP contribution in [0.1, 0.15) is 33.0 Å². The van der Waals surface area contributed by atoms with Gasteiger partial charge in [0.15, 0.2) is 11.5 Å². The fourth-order valence-corrected chi connectivity index (χ4v) is 3.36. The lowest BCUT2D eigenvalue weighted by molar-refractivity contribution is 0.0711. The molecule has 0 fully saturated rings. The Balaban J connectivity index is 1.73. The Morgan fingerprint density at radius 3 is 2.55 bits per heavy atom. The van der Waals surface area contributed by atoms with Crippen molar-refractivity contribution in [2.45, 2.75) is 18.9 Å². The molecule has 0 spiro atoms. The first-order chi connectivity index (χ1) is 14.9. The Morgan fingerprint density at radius 1 is 1.16 bits per heavy atom. The molecule has 0 aliphatic carbocycles. The van der Waals surface area contributed by atoms with E-state index in [-0.39, 0.29) is 11.9 Å². The predicted octanol–water partition coefficient (Wildman–Crippen LogP) is 3.20. The molecule has 0 saturated heterocycles. The summed E-state index contributed by atoms with van der Waals surface area (Å²) >= 11 is 0. The lowest BCUT2D eigenvalue weighted by Crippen LogP contribution is -2.41. The number of halogens is 2. The lowest BCUT2D eigenvalue weighted by atomic mass is 10.0. The molecule has 2 amide bonds. The predicted molar refractivity (Wildman–Crippen MR) is 113 cm³/mol. The van der Waals surface area contributed by atoms with Gasteiger partial charge in [-0.05, 0) is 30.5 Å². The van der Waals surface area contributed by atoms with Crippen LogP contribution in [0.5, 0.6) is 0 Å². The second-order valence-electron chi connectivity index (χ2n) is 7.29. The van der Waals surface area contributed by atoms with Crippen LogP contribution in [0.3, 0.4) is 0 Å². The second-order valence-corrected chi connectivity index (χ2v) is 7.29. The smallest absolute Gasteiger partial charge is 0.275 e. The molecule has 1 aromatic carbocycles. The number of benzene rings is 1. The molecule has 3 rings (SSSR count). The number of aromatic nitrogens is 2. The highest BCUT2D eigenvalue weighted by molar-refractivity contribution is 5.93. The van der Waals surface area contributed by atoms with E-state index in [2.05, 4.69) is 10.3 Å². The van der Waals surface area contributed by atoms with Crippen molar-refractivity contribution in [3.63, 3.8) is 0 Å². The number of carbonyl (C=O) groups is 2. The summed E-state index contributed by atoms with van der Waals surface area (Å²) in [6.45, 7) is 0.318. The monoisotopic (exact) mass is 426 g/mol. The van der Waals surface area contributed by atoms with Crippen molar-refractivity contribution in [1.82, 2.24) is 19.8 Å². The van der Waals surface area contributed by atoms with E-state index in [1.165, 1.54) is 4.90 Å². The van der Waals surface area contributed by atoms with Crippen LogP contribution in [0.2, 0.25) is 0 Å². The molecule has 1 unspecified atom stereocenters. The van der Waals surface area contributed by atoms with Gasteiger partial charge in [-0.3, -0.25) is 9.59 Å². The molecule has 2 heterocycles. The van der Waals surface area contributed by atoms with E-state index >= 15 is 0 Å². The van der Waals surface area contributed by atoms with Crippen LogP contribution in [0.15, 0.2) is 60.9 Å². The highest BCUT2D eigenvalue weighted by atomic mass is 19.1. The summed E-state index contributed by atoms with van der Waals surface area (Å²) in [7, 11) is 3.34. The standard InChI is InChI=1S/C23H24F2N4O2/c1-28-12-6-9-20(28)22(30)26-11-10-18(13-16-7-4-3-5-8-16)29(2)23(31)21-19(25)14-17(24)15-27-21/h3-9,12,14-15,18H,10-11,13H2,1-2H3,(H,26,30). The topological polar surface area (TPSA) is 67.2 Å². The Bertz CT molecular complexity index is 1050. The molecule has 162 valence electrons. The number of likely N-dealkylation sites (N-methyl/N-ethyl adjacent to an activating group) is 1. The van der Waals surface area contributed by atoms with Crippen molar-refractivity contribution in [2.24, 2.45) is 7.05 Å². The lowest BCUT2D eigenvalue weighted by Gasteiger charge is -2.28. The minimum Gasteiger partial charge on any atom is -0.351 e. The third-order valence-corrected chi connectivity index (χ3v) is 5.13. The van der Waals surface area contributed by atoms with Crippen molar-refractivity contribution in [3.05, 3.63) is 89.5 Å². The molecular formula is C23H24F2N4O2. The number of nitrogens with zero attached hydrogens (tertiary/aromatic N) is 3. The van der Waals surface area contributed by atoms with Crippen LogP contribution in [0, 0.1) is 11.6 Å². The van der Waals surface area contributed by atoms with Crippen LogP contribution >= 0.6 is 0 Å². The van der Waals surface area contributed by atoms with E-state index in [0.717, 1.165) is 11.8 Å². The number of amides is 2. The molecule has 6 nitrogen and oxygen atoms in total. The third-order valence-electron chi connectivity index (χ3n) is 5.13.